The van der Waals surface area contributed by atoms with E-state index in [-0.39, 0.29) is 0 Å². The molecule has 0 bridgehead atoms. The molecule has 0 aromatic heterocycles. The maximum absolute atomic E-state index is 5.49. The number of methoxy groups -OCH3 is 1. The zero-order chi connectivity index (χ0) is 9.84. The van der Waals surface area contributed by atoms with E-state index in [9.17, 15) is 0 Å². The normalized spacial score (nSPS) is 11.5. The highest BCUT2D eigenvalue weighted by Gasteiger charge is 2.00. The molecule has 13 heavy (non-hydrogen) atoms. The highest BCUT2D eigenvalue weighted by molar-refractivity contribution is 5.81. The summed E-state index contributed by atoms with van der Waals surface area (Å²) < 4.78 is 5.14. The van der Waals surface area contributed by atoms with Gasteiger partial charge in [-0.15, -0.1) is 0 Å². The fraction of sp³-hybridized carbons (Fsp3) is 0.300. The summed E-state index contributed by atoms with van der Waals surface area (Å²) in [6.07, 6.45) is 0. The number of benzene rings is 1. The van der Waals surface area contributed by atoms with Crippen LogP contribution >= 0.6 is 0 Å². The molecule has 1 aromatic carbocycles. The standard InChI is InChI=1S/C10H14N2O/c1-7-4-5-10(13-3)9(6-7)12-8(2)11/h4-6H,1-3H3,(H2,11,12). The number of aliphatic imine (C=N–C) groups is 1. The van der Waals surface area contributed by atoms with Gasteiger partial charge < -0.3 is 10.5 Å². The van der Waals surface area contributed by atoms with Crippen LogP contribution in [0.3, 0.4) is 0 Å². The van der Waals surface area contributed by atoms with Crippen LogP contribution in [0.15, 0.2) is 23.2 Å². The van der Waals surface area contributed by atoms with Crippen molar-refractivity contribution in [1.29, 1.82) is 0 Å². The minimum absolute atomic E-state index is 0.531. The van der Waals surface area contributed by atoms with Gasteiger partial charge in [-0.3, -0.25) is 0 Å². The quantitative estimate of drug-likeness (QED) is 0.556. The lowest BCUT2D eigenvalue weighted by atomic mass is 10.2. The Hall–Kier alpha value is -1.51. The molecule has 1 rings (SSSR count). The largest absolute Gasteiger partial charge is 0.494 e. The first kappa shape index (κ1) is 9.58. The van der Waals surface area contributed by atoms with Crippen molar-refractivity contribution in [2.45, 2.75) is 13.8 Å². The van der Waals surface area contributed by atoms with E-state index < -0.39 is 0 Å². The first-order valence-electron chi connectivity index (χ1n) is 4.09. The summed E-state index contributed by atoms with van der Waals surface area (Å²) in [4.78, 5) is 4.16. The van der Waals surface area contributed by atoms with E-state index in [4.69, 9.17) is 10.5 Å². The Morgan fingerprint density at radius 2 is 2.15 bits per heavy atom. The molecule has 0 radical (unpaired) electrons. The Balaban J connectivity index is 3.16. The Labute approximate surface area is 78.2 Å². The van der Waals surface area contributed by atoms with Crippen LogP contribution < -0.4 is 10.5 Å². The molecular weight excluding hydrogens is 164 g/mol. The highest BCUT2D eigenvalue weighted by Crippen LogP contribution is 2.27. The number of nitrogens with two attached hydrogens (primary N) is 1. The highest BCUT2D eigenvalue weighted by atomic mass is 16.5. The third kappa shape index (κ3) is 2.47. The van der Waals surface area contributed by atoms with Gasteiger partial charge in [0.15, 0.2) is 0 Å². The maximum atomic E-state index is 5.49. The van der Waals surface area contributed by atoms with Crippen molar-refractivity contribution in [1.82, 2.24) is 0 Å². The molecule has 0 amide bonds. The van der Waals surface area contributed by atoms with Gasteiger partial charge in [0.1, 0.15) is 11.4 Å². The zero-order valence-electron chi connectivity index (χ0n) is 8.16. The van der Waals surface area contributed by atoms with E-state index >= 15 is 0 Å². The second kappa shape index (κ2) is 3.94. The van der Waals surface area contributed by atoms with Crippen molar-refractivity contribution in [3.05, 3.63) is 23.8 Å². The van der Waals surface area contributed by atoms with E-state index in [1.165, 1.54) is 0 Å². The van der Waals surface area contributed by atoms with Gasteiger partial charge in [-0.25, -0.2) is 4.99 Å². The summed E-state index contributed by atoms with van der Waals surface area (Å²) in [7, 11) is 1.62. The molecule has 2 N–H and O–H groups in total. The summed E-state index contributed by atoms with van der Waals surface area (Å²) in [6.45, 7) is 3.76. The lowest BCUT2D eigenvalue weighted by molar-refractivity contribution is 0.416. The molecular formula is C10H14N2O. The van der Waals surface area contributed by atoms with Gasteiger partial charge in [-0.1, -0.05) is 6.07 Å². The second-order valence-electron chi connectivity index (χ2n) is 2.93. The predicted molar refractivity (Wildman–Crippen MR) is 54.7 cm³/mol. The molecule has 70 valence electrons. The first-order chi connectivity index (χ1) is 6.13. The third-order valence-corrected chi connectivity index (χ3v) is 1.63. The van der Waals surface area contributed by atoms with Crippen LogP contribution in [-0.4, -0.2) is 12.9 Å². The van der Waals surface area contributed by atoms with Crippen LogP contribution in [0.5, 0.6) is 5.75 Å². The number of ether oxygens (including phenoxy) is 1. The summed E-state index contributed by atoms with van der Waals surface area (Å²) in [5, 5.41) is 0. The minimum atomic E-state index is 0.531. The molecule has 0 unspecified atom stereocenters. The Kier molecular flexibility index (Phi) is 2.90. The van der Waals surface area contributed by atoms with E-state index in [2.05, 4.69) is 4.99 Å². The van der Waals surface area contributed by atoms with E-state index in [0.717, 1.165) is 17.0 Å². The van der Waals surface area contributed by atoms with Gasteiger partial charge in [0.05, 0.1) is 12.9 Å². The average Bonchev–Trinajstić information content (AvgIpc) is 2.03. The SMILES string of the molecule is COc1ccc(C)cc1N=C(C)N. The number of rotatable bonds is 2. The number of amidine groups is 1. The second-order valence-corrected chi connectivity index (χ2v) is 2.93. The Morgan fingerprint density at radius 3 is 2.69 bits per heavy atom. The molecule has 0 saturated carbocycles. The molecule has 1 aromatic rings. The summed E-state index contributed by atoms with van der Waals surface area (Å²) in [5.74, 6) is 1.28. The van der Waals surface area contributed by atoms with Crippen molar-refractivity contribution in [2.24, 2.45) is 10.7 Å². The van der Waals surface area contributed by atoms with Gasteiger partial charge >= 0.3 is 0 Å². The lowest BCUT2D eigenvalue weighted by Crippen LogP contribution is -2.04. The Morgan fingerprint density at radius 1 is 1.46 bits per heavy atom. The fourth-order valence-corrected chi connectivity index (χ4v) is 1.08. The molecule has 3 nitrogen and oxygen atoms in total. The number of hydrogen-bond acceptors (Lipinski definition) is 2. The molecule has 0 aliphatic carbocycles. The summed E-state index contributed by atoms with van der Waals surface area (Å²) in [5.41, 5.74) is 7.41. The van der Waals surface area contributed by atoms with Gasteiger partial charge in [0.2, 0.25) is 0 Å². The first-order valence-corrected chi connectivity index (χ1v) is 4.09. The van der Waals surface area contributed by atoms with Crippen molar-refractivity contribution in [2.75, 3.05) is 7.11 Å². The third-order valence-electron chi connectivity index (χ3n) is 1.63. The summed E-state index contributed by atoms with van der Waals surface area (Å²) in [6, 6.07) is 5.80. The Bertz CT molecular complexity index is 328. The maximum Gasteiger partial charge on any atom is 0.144 e. The van der Waals surface area contributed by atoms with E-state index in [1.54, 1.807) is 14.0 Å². The van der Waals surface area contributed by atoms with Gasteiger partial charge in [-0.2, -0.15) is 0 Å². The number of hydrogen-bond donors (Lipinski definition) is 1. The average molecular weight is 178 g/mol. The van der Waals surface area contributed by atoms with Gasteiger partial charge in [0.25, 0.3) is 0 Å². The fourth-order valence-electron chi connectivity index (χ4n) is 1.08. The molecule has 0 heterocycles. The summed E-state index contributed by atoms with van der Waals surface area (Å²) >= 11 is 0. The van der Waals surface area contributed by atoms with Gasteiger partial charge in [-0.05, 0) is 31.5 Å². The molecule has 0 aliphatic rings. The van der Waals surface area contributed by atoms with E-state index in [0.29, 0.717) is 5.84 Å². The zero-order valence-corrected chi connectivity index (χ0v) is 8.16. The smallest absolute Gasteiger partial charge is 0.144 e. The lowest BCUT2D eigenvalue weighted by Gasteiger charge is -2.05. The minimum Gasteiger partial charge on any atom is -0.494 e. The molecule has 0 spiro atoms. The monoisotopic (exact) mass is 178 g/mol. The van der Waals surface area contributed by atoms with Gasteiger partial charge in [0, 0.05) is 0 Å². The molecule has 0 atom stereocenters. The van der Waals surface area contributed by atoms with Crippen LogP contribution in [0.4, 0.5) is 5.69 Å². The van der Waals surface area contributed by atoms with Crippen molar-refractivity contribution in [3.63, 3.8) is 0 Å². The number of aryl methyl sites for hydroxylation is 1. The van der Waals surface area contributed by atoms with Crippen LogP contribution in [0, 0.1) is 6.92 Å². The molecule has 0 saturated heterocycles. The van der Waals surface area contributed by atoms with Crippen LogP contribution in [0.1, 0.15) is 12.5 Å². The van der Waals surface area contributed by atoms with Crippen LogP contribution in [0.2, 0.25) is 0 Å². The topological polar surface area (TPSA) is 47.6 Å². The van der Waals surface area contributed by atoms with Crippen molar-refractivity contribution >= 4 is 11.5 Å². The van der Waals surface area contributed by atoms with Crippen LogP contribution in [-0.2, 0) is 0 Å². The predicted octanol–water partition coefficient (Wildman–Crippen LogP) is 2.01. The van der Waals surface area contributed by atoms with Crippen LogP contribution in [0.25, 0.3) is 0 Å². The molecule has 0 aliphatic heterocycles. The van der Waals surface area contributed by atoms with Crippen molar-refractivity contribution in [3.8, 4) is 5.75 Å². The molecule has 3 heteroatoms. The van der Waals surface area contributed by atoms with Crippen molar-refractivity contribution < 1.29 is 4.74 Å². The number of nitrogens with zero attached hydrogens (tertiary/aromatic N) is 1. The molecule has 0 fully saturated rings. The van der Waals surface area contributed by atoms with E-state index in [1.807, 2.05) is 25.1 Å².